The molecule has 2 heterocycles. The number of aromatic nitrogens is 2. The van der Waals surface area contributed by atoms with E-state index in [0.29, 0.717) is 42.3 Å². The molecule has 1 aliphatic rings. The summed E-state index contributed by atoms with van der Waals surface area (Å²) in [5.74, 6) is 2.03. The van der Waals surface area contributed by atoms with Crippen molar-refractivity contribution in [1.82, 2.24) is 15.1 Å². The molecule has 128 valence electrons. The molecule has 7 nitrogen and oxygen atoms in total. The van der Waals surface area contributed by atoms with Crippen LogP contribution in [0, 0.1) is 0 Å². The fourth-order valence-electron chi connectivity index (χ4n) is 2.34. The van der Waals surface area contributed by atoms with Crippen LogP contribution < -0.4 is 9.47 Å². The van der Waals surface area contributed by atoms with E-state index in [1.54, 1.807) is 4.90 Å². The average molecular weight is 349 g/mol. The van der Waals surface area contributed by atoms with Crippen LogP contribution in [0.3, 0.4) is 0 Å². The maximum absolute atomic E-state index is 12.0. The van der Waals surface area contributed by atoms with Crippen molar-refractivity contribution in [1.29, 1.82) is 0 Å². The Balaban J connectivity index is 1.59. The Labute approximate surface area is 144 Å². The summed E-state index contributed by atoms with van der Waals surface area (Å²) < 4.78 is 17.1. The Morgan fingerprint density at radius 2 is 2.00 bits per heavy atom. The highest BCUT2D eigenvalue weighted by atomic mass is 32.2. The molecule has 0 fully saturated rings. The van der Waals surface area contributed by atoms with Gasteiger partial charge in [-0.3, -0.25) is 4.79 Å². The molecule has 2 aromatic rings. The first-order valence-corrected chi connectivity index (χ1v) is 8.82. The fraction of sp³-hybridized carbons (Fsp3) is 0.438. The Morgan fingerprint density at radius 1 is 1.25 bits per heavy atom. The maximum Gasteiger partial charge on any atom is 0.277 e. The summed E-state index contributed by atoms with van der Waals surface area (Å²) in [6, 6.07) is 7.44. The maximum atomic E-state index is 12.0. The lowest BCUT2D eigenvalue weighted by Crippen LogP contribution is -2.31. The van der Waals surface area contributed by atoms with E-state index in [0.717, 1.165) is 0 Å². The van der Waals surface area contributed by atoms with Crippen LogP contribution in [-0.4, -0.2) is 46.5 Å². The number of carbonyl (C=O) groups is 1. The van der Waals surface area contributed by atoms with Crippen LogP contribution >= 0.6 is 11.8 Å². The third kappa shape index (κ3) is 3.64. The number of rotatable bonds is 6. The molecule has 0 aliphatic carbocycles. The number of ether oxygens (including phenoxy) is 2. The van der Waals surface area contributed by atoms with Gasteiger partial charge in [0.1, 0.15) is 6.61 Å². The number of carbonyl (C=O) groups excluding carboxylic acids is 1. The average Bonchev–Trinajstić information content (AvgIpc) is 3.09. The van der Waals surface area contributed by atoms with Gasteiger partial charge in [-0.25, -0.2) is 0 Å². The van der Waals surface area contributed by atoms with E-state index >= 15 is 0 Å². The number of fused-ring (bicyclic) bond motifs is 1. The van der Waals surface area contributed by atoms with Crippen LogP contribution in [-0.2, 0) is 4.79 Å². The molecule has 3 rings (SSSR count). The van der Waals surface area contributed by atoms with Crippen molar-refractivity contribution in [3.8, 4) is 11.5 Å². The number of thioether (sulfide) groups is 1. The van der Waals surface area contributed by atoms with E-state index in [-0.39, 0.29) is 11.7 Å². The smallest absolute Gasteiger partial charge is 0.277 e. The topological polar surface area (TPSA) is 77.7 Å². The van der Waals surface area contributed by atoms with Gasteiger partial charge in [0.05, 0.1) is 5.75 Å². The molecule has 1 atom stereocenters. The summed E-state index contributed by atoms with van der Waals surface area (Å²) >= 11 is 1.23. The normalized spacial score (nSPS) is 16.0. The van der Waals surface area contributed by atoms with Crippen LogP contribution in [0.1, 0.15) is 25.8 Å². The highest BCUT2D eigenvalue weighted by Gasteiger charge is 2.27. The molecule has 0 bridgehead atoms. The van der Waals surface area contributed by atoms with Gasteiger partial charge in [-0.2, -0.15) is 0 Å². The number of hydrogen-bond donors (Lipinski definition) is 0. The van der Waals surface area contributed by atoms with Gasteiger partial charge in [-0.1, -0.05) is 23.9 Å². The Hall–Kier alpha value is -2.22. The van der Waals surface area contributed by atoms with Crippen molar-refractivity contribution in [2.45, 2.75) is 25.2 Å². The highest BCUT2D eigenvalue weighted by molar-refractivity contribution is 7.99. The summed E-state index contributed by atoms with van der Waals surface area (Å²) in [5.41, 5.74) is 0. The van der Waals surface area contributed by atoms with E-state index in [9.17, 15) is 4.79 Å². The van der Waals surface area contributed by atoms with E-state index in [1.165, 1.54) is 11.8 Å². The number of hydrogen-bond acceptors (Lipinski definition) is 7. The summed E-state index contributed by atoms with van der Waals surface area (Å²) in [6.45, 7) is 5.60. The Kier molecular flexibility index (Phi) is 5.24. The number of nitrogens with zero attached hydrogens (tertiary/aromatic N) is 3. The van der Waals surface area contributed by atoms with Gasteiger partial charge in [-0.15, -0.1) is 10.2 Å². The van der Waals surface area contributed by atoms with Crippen molar-refractivity contribution in [3.05, 3.63) is 30.2 Å². The SMILES string of the molecule is CCN(CC)C(=O)CSc1nnc(C2COc3ccccc3O2)o1. The van der Waals surface area contributed by atoms with E-state index in [4.69, 9.17) is 13.9 Å². The monoisotopic (exact) mass is 349 g/mol. The lowest BCUT2D eigenvalue weighted by atomic mass is 10.2. The molecule has 8 heteroatoms. The molecule has 0 spiro atoms. The zero-order chi connectivity index (χ0) is 16.9. The lowest BCUT2D eigenvalue weighted by molar-refractivity contribution is -0.127. The molecule has 0 saturated heterocycles. The first-order valence-electron chi connectivity index (χ1n) is 7.83. The minimum atomic E-state index is -0.444. The second kappa shape index (κ2) is 7.57. The highest BCUT2D eigenvalue weighted by Crippen LogP contribution is 2.35. The molecule has 1 aromatic carbocycles. The zero-order valence-corrected chi connectivity index (χ0v) is 14.4. The first kappa shape index (κ1) is 16.6. The van der Waals surface area contributed by atoms with Crippen molar-refractivity contribution in [2.24, 2.45) is 0 Å². The fourth-order valence-corrected chi connectivity index (χ4v) is 3.01. The summed E-state index contributed by atoms with van der Waals surface area (Å²) in [4.78, 5) is 13.8. The molecule has 24 heavy (non-hydrogen) atoms. The summed E-state index contributed by atoms with van der Waals surface area (Å²) in [7, 11) is 0. The second-order valence-corrected chi connectivity index (χ2v) is 6.05. The molecule has 1 unspecified atom stereocenters. The molecular formula is C16H19N3O4S. The summed E-state index contributed by atoms with van der Waals surface area (Å²) in [5, 5.41) is 8.33. The predicted octanol–water partition coefficient (Wildman–Crippen LogP) is 2.54. The van der Waals surface area contributed by atoms with Crippen LogP contribution in [0.4, 0.5) is 0 Å². The van der Waals surface area contributed by atoms with E-state index in [2.05, 4.69) is 10.2 Å². The van der Waals surface area contributed by atoms with Gasteiger partial charge in [-0.05, 0) is 26.0 Å². The molecule has 1 amide bonds. The van der Waals surface area contributed by atoms with Crippen LogP contribution in [0.25, 0.3) is 0 Å². The molecule has 0 radical (unpaired) electrons. The number of para-hydroxylation sites is 2. The van der Waals surface area contributed by atoms with Gasteiger partial charge in [0, 0.05) is 13.1 Å². The van der Waals surface area contributed by atoms with Crippen LogP contribution in [0.15, 0.2) is 33.9 Å². The number of amides is 1. The molecule has 0 saturated carbocycles. The first-order chi connectivity index (χ1) is 11.7. The van der Waals surface area contributed by atoms with Gasteiger partial charge >= 0.3 is 0 Å². The standard InChI is InChI=1S/C16H19N3O4S/c1-3-19(4-2)14(20)10-24-16-18-17-15(23-16)13-9-21-11-7-5-6-8-12(11)22-13/h5-8,13H,3-4,9-10H2,1-2H3. The number of benzene rings is 1. The van der Waals surface area contributed by atoms with Gasteiger partial charge in [0.2, 0.25) is 12.0 Å². The predicted molar refractivity (Wildman–Crippen MR) is 88.3 cm³/mol. The quantitative estimate of drug-likeness (QED) is 0.742. The zero-order valence-electron chi connectivity index (χ0n) is 13.6. The third-order valence-electron chi connectivity index (χ3n) is 3.64. The largest absolute Gasteiger partial charge is 0.485 e. The second-order valence-electron chi connectivity index (χ2n) is 5.13. The molecular weight excluding hydrogens is 330 g/mol. The van der Waals surface area contributed by atoms with Crippen LogP contribution in [0.5, 0.6) is 11.5 Å². The third-order valence-corrected chi connectivity index (χ3v) is 4.44. The summed E-state index contributed by atoms with van der Waals surface area (Å²) in [6.07, 6.45) is -0.444. The van der Waals surface area contributed by atoms with Gasteiger partial charge in [0.15, 0.2) is 11.5 Å². The minimum Gasteiger partial charge on any atom is -0.485 e. The van der Waals surface area contributed by atoms with Crippen LogP contribution in [0.2, 0.25) is 0 Å². The molecule has 0 N–H and O–H groups in total. The van der Waals surface area contributed by atoms with Crippen molar-refractivity contribution >= 4 is 17.7 Å². The van der Waals surface area contributed by atoms with Crippen molar-refractivity contribution in [2.75, 3.05) is 25.4 Å². The Morgan fingerprint density at radius 3 is 2.75 bits per heavy atom. The van der Waals surface area contributed by atoms with E-state index < -0.39 is 6.10 Å². The van der Waals surface area contributed by atoms with Crippen molar-refractivity contribution < 1.29 is 18.7 Å². The minimum absolute atomic E-state index is 0.0518. The molecule has 1 aromatic heterocycles. The van der Waals surface area contributed by atoms with E-state index in [1.807, 2.05) is 38.1 Å². The molecule has 1 aliphatic heterocycles. The Bertz CT molecular complexity index is 702. The van der Waals surface area contributed by atoms with Crippen molar-refractivity contribution in [3.63, 3.8) is 0 Å². The lowest BCUT2D eigenvalue weighted by Gasteiger charge is -2.23. The van der Waals surface area contributed by atoms with Gasteiger partial charge in [0.25, 0.3) is 11.1 Å². The van der Waals surface area contributed by atoms with Gasteiger partial charge < -0.3 is 18.8 Å².